The van der Waals surface area contributed by atoms with Crippen LogP contribution in [0, 0.1) is 17.1 Å². The number of para-hydroxylation sites is 2. The second-order valence-electron chi connectivity index (χ2n) is 7.96. The van der Waals surface area contributed by atoms with E-state index in [0.717, 1.165) is 10.9 Å². The molecule has 0 spiro atoms. The number of aliphatic carboxylic acids is 1. The summed E-state index contributed by atoms with van der Waals surface area (Å²) in [5, 5.41) is 19.9. The van der Waals surface area contributed by atoms with E-state index >= 15 is 0 Å². The number of benzene rings is 3. The van der Waals surface area contributed by atoms with E-state index in [-0.39, 0.29) is 24.5 Å². The zero-order valence-electron chi connectivity index (χ0n) is 18.8. The van der Waals surface area contributed by atoms with Crippen LogP contribution < -0.4 is 4.90 Å². The molecule has 0 aliphatic heterocycles. The third-order valence-electron chi connectivity index (χ3n) is 5.63. The van der Waals surface area contributed by atoms with Gasteiger partial charge in [0.15, 0.2) is 0 Å². The van der Waals surface area contributed by atoms with Gasteiger partial charge in [-0.3, -0.25) is 9.59 Å². The predicted molar refractivity (Wildman–Crippen MR) is 132 cm³/mol. The van der Waals surface area contributed by atoms with Gasteiger partial charge in [0.1, 0.15) is 24.0 Å². The summed E-state index contributed by atoms with van der Waals surface area (Å²) in [5.41, 5.74) is 2.69. The number of nitriles is 1. The molecule has 0 fully saturated rings. The summed E-state index contributed by atoms with van der Waals surface area (Å²) in [6.07, 6.45) is 3.60. The number of halogens is 1. The standard InChI is InChI=1S/C28H22FN3O3/c29-23-12-10-20(11-13-23)14-15-32(24-6-2-1-3-7-24)28(35)21(17-30)16-22-18-31(19-27(33)34)26-9-5-4-8-25(22)26/h1-13,16,18H,14-15,19H2,(H,33,34). The molecule has 35 heavy (non-hydrogen) atoms. The second-order valence-corrected chi connectivity index (χ2v) is 7.96. The van der Waals surface area contributed by atoms with Gasteiger partial charge in [0.25, 0.3) is 5.91 Å². The normalized spacial score (nSPS) is 11.3. The highest BCUT2D eigenvalue weighted by atomic mass is 19.1. The van der Waals surface area contributed by atoms with Crippen LogP contribution in [0.25, 0.3) is 17.0 Å². The van der Waals surface area contributed by atoms with E-state index < -0.39 is 11.9 Å². The summed E-state index contributed by atoms with van der Waals surface area (Å²) in [7, 11) is 0. The second kappa shape index (κ2) is 10.5. The molecule has 0 atom stereocenters. The first kappa shape index (κ1) is 23.5. The number of carboxylic acid groups (broad SMARTS) is 1. The van der Waals surface area contributed by atoms with Gasteiger partial charge in [-0.1, -0.05) is 48.5 Å². The van der Waals surface area contributed by atoms with E-state index in [0.29, 0.717) is 23.2 Å². The maximum atomic E-state index is 13.5. The first-order valence-electron chi connectivity index (χ1n) is 11.0. The molecule has 3 aromatic carbocycles. The molecule has 4 aromatic rings. The van der Waals surface area contributed by atoms with Crippen LogP contribution in [0.15, 0.2) is 90.6 Å². The van der Waals surface area contributed by atoms with Gasteiger partial charge in [0, 0.05) is 34.9 Å². The lowest BCUT2D eigenvalue weighted by Crippen LogP contribution is -2.33. The maximum Gasteiger partial charge on any atom is 0.323 e. The van der Waals surface area contributed by atoms with Gasteiger partial charge >= 0.3 is 5.97 Å². The lowest BCUT2D eigenvalue weighted by molar-refractivity contribution is -0.137. The Morgan fingerprint density at radius 2 is 1.69 bits per heavy atom. The van der Waals surface area contributed by atoms with Crippen molar-refractivity contribution in [1.82, 2.24) is 4.57 Å². The minimum absolute atomic E-state index is 0.0776. The number of hydrogen-bond acceptors (Lipinski definition) is 3. The van der Waals surface area contributed by atoms with E-state index in [1.54, 1.807) is 47.2 Å². The van der Waals surface area contributed by atoms with Gasteiger partial charge in [-0.25, -0.2) is 4.39 Å². The van der Waals surface area contributed by atoms with Gasteiger partial charge in [-0.05, 0) is 48.4 Å². The molecule has 0 aliphatic carbocycles. The lowest BCUT2D eigenvalue weighted by Gasteiger charge is -2.22. The Hall–Kier alpha value is -4.70. The Morgan fingerprint density at radius 1 is 1.00 bits per heavy atom. The number of carbonyl (C=O) groups excluding carboxylic acids is 1. The molecule has 0 unspecified atom stereocenters. The van der Waals surface area contributed by atoms with E-state index in [1.807, 2.05) is 36.4 Å². The Labute approximate surface area is 201 Å². The van der Waals surface area contributed by atoms with Crippen molar-refractivity contribution in [2.24, 2.45) is 0 Å². The maximum absolute atomic E-state index is 13.5. The van der Waals surface area contributed by atoms with Gasteiger partial charge in [0.2, 0.25) is 0 Å². The summed E-state index contributed by atoms with van der Waals surface area (Å²) in [6.45, 7) is 0.0479. The van der Waals surface area contributed by atoms with Crippen molar-refractivity contribution in [2.75, 3.05) is 11.4 Å². The van der Waals surface area contributed by atoms with E-state index in [2.05, 4.69) is 0 Å². The average Bonchev–Trinajstić information content (AvgIpc) is 3.20. The number of amides is 1. The largest absolute Gasteiger partial charge is 0.480 e. The van der Waals surface area contributed by atoms with Crippen LogP contribution in [0.4, 0.5) is 10.1 Å². The topological polar surface area (TPSA) is 86.3 Å². The minimum Gasteiger partial charge on any atom is -0.480 e. The summed E-state index contributed by atoms with van der Waals surface area (Å²) in [6, 6.07) is 24.4. The van der Waals surface area contributed by atoms with Gasteiger partial charge in [0.05, 0.1) is 0 Å². The Kier molecular flexibility index (Phi) is 7.03. The Morgan fingerprint density at radius 3 is 2.37 bits per heavy atom. The molecule has 1 N–H and O–H groups in total. The Balaban J connectivity index is 1.69. The first-order valence-corrected chi connectivity index (χ1v) is 11.0. The molecular formula is C28H22FN3O3. The molecule has 6 nitrogen and oxygen atoms in total. The number of nitrogens with zero attached hydrogens (tertiary/aromatic N) is 3. The third-order valence-corrected chi connectivity index (χ3v) is 5.63. The monoisotopic (exact) mass is 467 g/mol. The molecule has 0 saturated carbocycles. The first-order chi connectivity index (χ1) is 17.0. The molecule has 174 valence electrons. The smallest absolute Gasteiger partial charge is 0.323 e. The molecule has 0 bridgehead atoms. The van der Waals surface area contributed by atoms with Crippen molar-refractivity contribution in [3.63, 3.8) is 0 Å². The molecule has 1 amide bonds. The van der Waals surface area contributed by atoms with Gasteiger partial charge < -0.3 is 14.6 Å². The quantitative estimate of drug-likeness (QED) is 0.290. The molecule has 1 heterocycles. The number of aromatic nitrogens is 1. The van der Waals surface area contributed by atoms with Crippen LogP contribution in [0.3, 0.4) is 0 Å². The fraction of sp³-hybridized carbons (Fsp3) is 0.107. The van der Waals surface area contributed by atoms with Crippen molar-refractivity contribution in [3.8, 4) is 6.07 Å². The average molecular weight is 468 g/mol. The van der Waals surface area contributed by atoms with Crippen molar-refractivity contribution in [1.29, 1.82) is 5.26 Å². The van der Waals surface area contributed by atoms with Crippen LogP contribution in [-0.2, 0) is 22.6 Å². The summed E-state index contributed by atoms with van der Waals surface area (Å²) >= 11 is 0. The molecule has 0 radical (unpaired) electrons. The van der Waals surface area contributed by atoms with E-state index in [1.165, 1.54) is 23.1 Å². The molecular weight excluding hydrogens is 445 g/mol. The number of hydrogen-bond donors (Lipinski definition) is 1. The lowest BCUT2D eigenvalue weighted by atomic mass is 10.1. The number of carbonyl (C=O) groups is 2. The third kappa shape index (κ3) is 5.45. The van der Waals surface area contributed by atoms with E-state index in [4.69, 9.17) is 0 Å². The van der Waals surface area contributed by atoms with Crippen molar-refractivity contribution in [2.45, 2.75) is 13.0 Å². The highest BCUT2D eigenvalue weighted by molar-refractivity contribution is 6.12. The Bertz CT molecular complexity index is 1430. The fourth-order valence-electron chi connectivity index (χ4n) is 3.96. The van der Waals surface area contributed by atoms with Crippen LogP contribution in [-0.4, -0.2) is 28.1 Å². The van der Waals surface area contributed by atoms with Crippen molar-refractivity contribution in [3.05, 3.63) is 108 Å². The molecule has 0 aliphatic rings. The summed E-state index contributed by atoms with van der Waals surface area (Å²) in [5.74, 6) is -1.80. The number of rotatable bonds is 8. The zero-order valence-corrected chi connectivity index (χ0v) is 18.8. The predicted octanol–water partition coefficient (Wildman–Crippen LogP) is 5.05. The highest BCUT2D eigenvalue weighted by Crippen LogP contribution is 2.25. The molecule has 1 aromatic heterocycles. The van der Waals surface area contributed by atoms with Crippen molar-refractivity contribution < 1.29 is 19.1 Å². The summed E-state index contributed by atoms with van der Waals surface area (Å²) in [4.78, 5) is 26.4. The van der Waals surface area contributed by atoms with Crippen LogP contribution in [0.1, 0.15) is 11.1 Å². The number of fused-ring (bicyclic) bond motifs is 1. The molecule has 4 rings (SSSR count). The minimum atomic E-state index is -0.992. The number of carboxylic acids is 1. The van der Waals surface area contributed by atoms with Gasteiger partial charge in [-0.15, -0.1) is 0 Å². The fourth-order valence-corrected chi connectivity index (χ4v) is 3.96. The van der Waals surface area contributed by atoms with Crippen molar-refractivity contribution >= 4 is 34.5 Å². The molecule has 7 heteroatoms. The zero-order chi connectivity index (χ0) is 24.8. The highest BCUT2D eigenvalue weighted by Gasteiger charge is 2.21. The SMILES string of the molecule is N#CC(=Cc1cn(CC(=O)O)c2ccccc12)C(=O)N(CCc1ccc(F)cc1)c1ccccc1. The van der Waals surface area contributed by atoms with Crippen LogP contribution >= 0.6 is 0 Å². The number of anilines is 1. The van der Waals surface area contributed by atoms with Crippen LogP contribution in [0.5, 0.6) is 0 Å². The van der Waals surface area contributed by atoms with Crippen LogP contribution in [0.2, 0.25) is 0 Å². The van der Waals surface area contributed by atoms with Gasteiger partial charge in [-0.2, -0.15) is 5.26 Å². The van der Waals surface area contributed by atoms with E-state index in [9.17, 15) is 24.3 Å². The summed E-state index contributed by atoms with van der Waals surface area (Å²) < 4.78 is 14.9. The molecule has 0 saturated heterocycles.